The van der Waals surface area contributed by atoms with Crippen LogP contribution in [-0.4, -0.2) is 10.1 Å². The first-order valence-electron chi connectivity index (χ1n) is 5.14. The summed E-state index contributed by atoms with van der Waals surface area (Å²) in [5, 5.41) is 3.80. The van der Waals surface area contributed by atoms with Crippen LogP contribution < -0.4 is 5.73 Å². The standard InChI is InChI=1S/C11H11BrFN3O/c1-2-9-15-11(16-17-9)10(14)7-4-3-6(13)5-8(7)12/h3-5,10H,2,14H2,1H3. The number of aryl methyl sites for hydroxylation is 1. The van der Waals surface area contributed by atoms with Crippen LogP contribution in [0.2, 0.25) is 0 Å². The molecule has 2 rings (SSSR count). The van der Waals surface area contributed by atoms with Gasteiger partial charge in [0.05, 0.1) is 6.04 Å². The van der Waals surface area contributed by atoms with Gasteiger partial charge in [0.1, 0.15) is 5.82 Å². The molecule has 0 spiro atoms. The van der Waals surface area contributed by atoms with Crippen molar-refractivity contribution in [1.82, 2.24) is 10.1 Å². The Bertz CT molecular complexity index is 529. The monoisotopic (exact) mass is 299 g/mol. The first-order valence-corrected chi connectivity index (χ1v) is 5.94. The number of halogens is 2. The van der Waals surface area contributed by atoms with Crippen LogP contribution in [0.1, 0.15) is 30.2 Å². The van der Waals surface area contributed by atoms with E-state index >= 15 is 0 Å². The van der Waals surface area contributed by atoms with E-state index in [0.29, 0.717) is 22.6 Å². The minimum Gasteiger partial charge on any atom is -0.339 e. The Hall–Kier alpha value is -1.27. The number of aromatic nitrogens is 2. The number of hydrogen-bond acceptors (Lipinski definition) is 4. The lowest BCUT2D eigenvalue weighted by Gasteiger charge is -2.09. The van der Waals surface area contributed by atoms with Gasteiger partial charge in [0.15, 0.2) is 5.82 Å². The van der Waals surface area contributed by atoms with Crippen LogP contribution in [0.5, 0.6) is 0 Å². The third-order valence-electron chi connectivity index (χ3n) is 2.36. The first-order chi connectivity index (χ1) is 8.11. The number of hydrogen-bond donors (Lipinski definition) is 1. The van der Waals surface area contributed by atoms with Gasteiger partial charge < -0.3 is 10.3 Å². The molecule has 2 N–H and O–H groups in total. The number of nitrogens with zero attached hydrogens (tertiary/aromatic N) is 2. The van der Waals surface area contributed by atoms with E-state index in [2.05, 4.69) is 26.1 Å². The predicted octanol–water partition coefficient (Wildman–Crippen LogP) is 2.58. The van der Waals surface area contributed by atoms with Crippen molar-refractivity contribution in [3.05, 3.63) is 45.8 Å². The van der Waals surface area contributed by atoms with E-state index in [-0.39, 0.29) is 5.82 Å². The molecule has 2 aromatic rings. The largest absolute Gasteiger partial charge is 0.339 e. The zero-order valence-electron chi connectivity index (χ0n) is 9.15. The van der Waals surface area contributed by atoms with E-state index in [9.17, 15) is 4.39 Å². The first kappa shape index (κ1) is 12.2. The van der Waals surface area contributed by atoms with Gasteiger partial charge in [-0.1, -0.05) is 34.1 Å². The molecule has 1 atom stereocenters. The lowest BCUT2D eigenvalue weighted by molar-refractivity contribution is 0.375. The van der Waals surface area contributed by atoms with E-state index in [4.69, 9.17) is 10.3 Å². The molecule has 0 bridgehead atoms. The molecular weight excluding hydrogens is 289 g/mol. The lowest BCUT2D eigenvalue weighted by atomic mass is 10.1. The summed E-state index contributed by atoms with van der Waals surface area (Å²) in [6.45, 7) is 1.91. The highest BCUT2D eigenvalue weighted by Gasteiger charge is 2.18. The zero-order valence-corrected chi connectivity index (χ0v) is 10.7. The van der Waals surface area contributed by atoms with Crippen molar-refractivity contribution in [3.63, 3.8) is 0 Å². The molecule has 0 saturated heterocycles. The van der Waals surface area contributed by atoms with Crippen LogP contribution in [0.25, 0.3) is 0 Å². The maximum Gasteiger partial charge on any atom is 0.226 e. The van der Waals surface area contributed by atoms with E-state index in [1.54, 1.807) is 6.07 Å². The van der Waals surface area contributed by atoms with Crippen LogP contribution in [0.3, 0.4) is 0 Å². The maximum atomic E-state index is 13.0. The normalized spacial score (nSPS) is 12.7. The highest BCUT2D eigenvalue weighted by atomic mass is 79.9. The topological polar surface area (TPSA) is 64.9 Å². The smallest absolute Gasteiger partial charge is 0.226 e. The van der Waals surface area contributed by atoms with Gasteiger partial charge in [0.2, 0.25) is 5.89 Å². The third-order valence-corrected chi connectivity index (χ3v) is 3.05. The molecule has 90 valence electrons. The maximum absolute atomic E-state index is 13.0. The fraction of sp³-hybridized carbons (Fsp3) is 0.273. The van der Waals surface area contributed by atoms with E-state index in [0.717, 1.165) is 5.56 Å². The van der Waals surface area contributed by atoms with Gasteiger partial charge in [-0.15, -0.1) is 0 Å². The average molecular weight is 300 g/mol. The Kier molecular flexibility index (Phi) is 3.54. The molecule has 1 aromatic heterocycles. The van der Waals surface area contributed by atoms with Crippen molar-refractivity contribution >= 4 is 15.9 Å². The second-order valence-corrected chi connectivity index (χ2v) is 4.40. The summed E-state index contributed by atoms with van der Waals surface area (Å²) in [5.41, 5.74) is 6.72. The van der Waals surface area contributed by atoms with Gasteiger partial charge >= 0.3 is 0 Å². The quantitative estimate of drug-likeness (QED) is 0.946. The molecule has 4 nitrogen and oxygen atoms in total. The second kappa shape index (κ2) is 4.93. The summed E-state index contributed by atoms with van der Waals surface area (Å²) >= 11 is 3.26. The molecule has 6 heteroatoms. The van der Waals surface area contributed by atoms with Gasteiger partial charge in [-0.25, -0.2) is 4.39 Å². The molecule has 1 aromatic carbocycles. The summed E-state index contributed by atoms with van der Waals surface area (Å²) < 4.78 is 18.5. The second-order valence-electron chi connectivity index (χ2n) is 3.54. The van der Waals surface area contributed by atoms with Crippen LogP contribution in [0, 0.1) is 5.82 Å². The zero-order chi connectivity index (χ0) is 12.4. The van der Waals surface area contributed by atoms with Gasteiger partial charge in [-0.05, 0) is 17.7 Å². The molecule has 1 heterocycles. The van der Waals surface area contributed by atoms with E-state index in [1.165, 1.54) is 12.1 Å². The molecule has 0 saturated carbocycles. The number of nitrogens with two attached hydrogens (primary N) is 1. The summed E-state index contributed by atoms with van der Waals surface area (Å²) in [5.74, 6) is 0.609. The Morgan fingerprint density at radius 3 is 2.88 bits per heavy atom. The highest BCUT2D eigenvalue weighted by molar-refractivity contribution is 9.10. The van der Waals surface area contributed by atoms with Crippen molar-refractivity contribution in [3.8, 4) is 0 Å². The molecule has 0 radical (unpaired) electrons. The molecule has 0 fully saturated rings. The van der Waals surface area contributed by atoms with Crippen molar-refractivity contribution < 1.29 is 8.91 Å². The summed E-state index contributed by atoms with van der Waals surface area (Å²) in [4.78, 5) is 4.15. The Morgan fingerprint density at radius 2 is 2.29 bits per heavy atom. The number of benzene rings is 1. The lowest BCUT2D eigenvalue weighted by Crippen LogP contribution is -2.14. The molecular formula is C11H11BrFN3O. The SMILES string of the molecule is CCc1nc(C(N)c2ccc(F)cc2Br)no1. The highest BCUT2D eigenvalue weighted by Crippen LogP contribution is 2.26. The van der Waals surface area contributed by atoms with Gasteiger partial charge in [0.25, 0.3) is 0 Å². The molecule has 1 unspecified atom stereocenters. The van der Waals surface area contributed by atoms with Gasteiger partial charge in [-0.3, -0.25) is 0 Å². The average Bonchev–Trinajstić information content (AvgIpc) is 2.76. The Balaban J connectivity index is 2.33. The summed E-state index contributed by atoms with van der Waals surface area (Å²) in [6.07, 6.45) is 0.657. The molecule has 17 heavy (non-hydrogen) atoms. The third kappa shape index (κ3) is 2.53. The predicted molar refractivity (Wildman–Crippen MR) is 63.8 cm³/mol. The van der Waals surface area contributed by atoms with Crippen molar-refractivity contribution in [1.29, 1.82) is 0 Å². The van der Waals surface area contributed by atoms with Crippen LogP contribution >= 0.6 is 15.9 Å². The Labute approximate surface area is 106 Å². The molecule has 0 aliphatic heterocycles. The molecule has 0 amide bonds. The summed E-state index contributed by atoms with van der Waals surface area (Å²) in [7, 11) is 0. The van der Waals surface area contributed by atoms with Crippen LogP contribution in [0.4, 0.5) is 4.39 Å². The Morgan fingerprint density at radius 1 is 1.53 bits per heavy atom. The fourth-order valence-corrected chi connectivity index (χ4v) is 2.03. The van der Waals surface area contributed by atoms with Crippen LogP contribution in [-0.2, 0) is 6.42 Å². The molecule has 0 aliphatic rings. The number of rotatable bonds is 3. The van der Waals surface area contributed by atoms with Gasteiger partial charge in [-0.2, -0.15) is 4.98 Å². The van der Waals surface area contributed by atoms with Crippen molar-refractivity contribution in [2.24, 2.45) is 5.73 Å². The minimum atomic E-state index is -0.533. The molecule has 0 aliphatic carbocycles. The summed E-state index contributed by atoms with van der Waals surface area (Å²) in [6, 6.07) is 3.78. The van der Waals surface area contributed by atoms with Gasteiger partial charge in [0, 0.05) is 10.9 Å². The van der Waals surface area contributed by atoms with Crippen molar-refractivity contribution in [2.75, 3.05) is 0 Å². The van der Waals surface area contributed by atoms with E-state index < -0.39 is 6.04 Å². The van der Waals surface area contributed by atoms with Crippen LogP contribution in [0.15, 0.2) is 27.2 Å². The van der Waals surface area contributed by atoms with Crippen molar-refractivity contribution in [2.45, 2.75) is 19.4 Å². The fourth-order valence-electron chi connectivity index (χ4n) is 1.43. The van der Waals surface area contributed by atoms with E-state index in [1.807, 2.05) is 6.92 Å². The minimum absolute atomic E-state index is 0.324.